The maximum absolute atomic E-state index is 5.63. The molecule has 1 aromatic heterocycles. The SMILES string of the molecule is Cc1nc2ccc(NC(=S)N3CC[C@@H](c4ccccc4)C3)cc2s1. The van der Waals surface area contributed by atoms with Crippen molar-refractivity contribution < 1.29 is 0 Å². The first-order valence-electron chi connectivity index (χ1n) is 8.17. The molecule has 2 aromatic carbocycles. The van der Waals surface area contributed by atoms with Crippen molar-refractivity contribution in [3.63, 3.8) is 0 Å². The van der Waals surface area contributed by atoms with Gasteiger partial charge in [0.2, 0.25) is 0 Å². The standard InChI is InChI=1S/C19H19N3S2/c1-13-20-17-8-7-16(11-18(17)24-13)21-19(23)22-10-9-15(12-22)14-5-3-2-4-6-14/h2-8,11,15H,9-10,12H2,1H3,(H,21,23)/t15-/m1/s1. The zero-order valence-electron chi connectivity index (χ0n) is 13.5. The normalized spacial score (nSPS) is 17.4. The minimum Gasteiger partial charge on any atom is -0.348 e. The fourth-order valence-corrected chi connectivity index (χ4v) is 4.41. The Morgan fingerprint density at radius 3 is 2.92 bits per heavy atom. The molecule has 0 spiro atoms. The molecule has 24 heavy (non-hydrogen) atoms. The lowest BCUT2D eigenvalue weighted by Crippen LogP contribution is -2.32. The minimum atomic E-state index is 0.567. The van der Waals surface area contributed by atoms with Crippen molar-refractivity contribution in [2.75, 3.05) is 18.4 Å². The molecule has 5 heteroatoms. The van der Waals surface area contributed by atoms with Gasteiger partial charge in [-0.2, -0.15) is 0 Å². The predicted octanol–water partition coefficient (Wildman–Crippen LogP) is 4.79. The summed E-state index contributed by atoms with van der Waals surface area (Å²) in [4.78, 5) is 6.77. The van der Waals surface area contributed by atoms with Crippen LogP contribution in [0.2, 0.25) is 0 Å². The van der Waals surface area contributed by atoms with E-state index < -0.39 is 0 Å². The number of aryl methyl sites for hydroxylation is 1. The molecule has 3 aromatic rings. The molecule has 0 amide bonds. The zero-order chi connectivity index (χ0) is 16.5. The van der Waals surface area contributed by atoms with E-state index in [4.69, 9.17) is 12.2 Å². The minimum absolute atomic E-state index is 0.567. The second-order valence-electron chi connectivity index (χ2n) is 6.19. The number of thiocarbonyl (C=S) groups is 1. The van der Waals surface area contributed by atoms with Gasteiger partial charge in [0.25, 0.3) is 0 Å². The maximum Gasteiger partial charge on any atom is 0.173 e. The van der Waals surface area contributed by atoms with Gasteiger partial charge < -0.3 is 10.2 Å². The molecular weight excluding hydrogens is 334 g/mol. The number of nitrogens with one attached hydrogen (secondary N) is 1. The Morgan fingerprint density at radius 1 is 1.25 bits per heavy atom. The third-order valence-electron chi connectivity index (χ3n) is 4.49. The number of rotatable bonds is 2. The Bertz CT molecular complexity index is 873. The van der Waals surface area contributed by atoms with E-state index in [1.54, 1.807) is 11.3 Å². The van der Waals surface area contributed by atoms with E-state index in [-0.39, 0.29) is 0 Å². The van der Waals surface area contributed by atoms with Crippen molar-refractivity contribution in [3.8, 4) is 0 Å². The van der Waals surface area contributed by atoms with Crippen LogP contribution in [-0.4, -0.2) is 28.1 Å². The lowest BCUT2D eigenvalue weighted by molar-refractivity contribution is 0.518. The number of thiazole rings is 1. The van der Waals surface area contributed by atoms with E-state index in [9.17, 15) is 0 Å². The van der Waals surface area contributed by atoms with Crippen LogP contribution in [-0.2, 0) is 0 Å². The average molecular weight is 354 g/mol. The molecule has 1 aliphatic heterocycles. The topological polar surface area (TPSA) is 28.2 Å². The Kier molecular flexibility index (Phi) is 4.21. The van der Waals surface area contributed by atoms with Crippen LogP contribution < -0.4 is 5.32 Å². The van der Waals surface area contributed by atoms with Gasteiger partial charge in [-0.1, -0.05) is 30.3 Å². The number of aromatic nitrogens is 1. The zero-order valence-corrected chi connectivity index (χ0v) is 15.2. The van der Waals surface area contributed by atoms with Gasteiger partial charge in [0.05, 0.1) is 15.2 Å². The fraction of sp³-hybridized carbons (Fsp3) is 0.263. The molecule has 122 valence electrons. The molecule has 3 nitrogen and oxygen atoms in total. The number of nitrogens with zero attached hydrogens (tertiary/aromatic N) is 2. The maximum atomic E-state index is 5.63. The summed E-state index contributed by atoms with van der Waals surface area (Å²) in [6, 6.07) is 17.0. The molecule has 0 saturated carbocycles. The molecule has 1 fully saturated rings. The van der Waals surface area contributed by atoms with Gasteiger partial charge in [0, 0.05) is 24.7 Å². The van der Waals surface area contributed by atoms with Crippen molar-refractivity contribution in [2.45, 2.75) is 19.3 Å². The molecular formula is C19H19N3S2. The van der Waals surface area contributed by atoms with Gasteiger partial charge in [0.1, 0.15) is 0 Å². The van der Waals surface area contributed by atoms with E-state index in [2.05, 4.69) is 63.7 Å². The van der Waals surface area contributed by atoms with Crippen LogP contribution in [0.4, 0.5) is 5.69 Å². The van der Waals surface area contributed by atoms with Crippen LogP contribution in [0.5, 0.6) is 0 Å². The number of anilines is 1. The van der Waals surface area contributed by atoms with Gasteiger partial charge in [0.15, 0.2) is 5.11 Å². The summed E-state index contributed by atoms with van der Waals surface area (Å²) < 4.78 is 1.20. The molecule has 1 saturated heterocycles. The van der Waals surface area contributed by atoms with Crippen LogP contribution in [0.15, 0.2) is 48.5 Å². The van der Waals surface area contributed by atoms with E-state index >= 15 is 0 Å². The monoisotopic (exact) mass is 353 g/mol. The first-order chi connectivity index (χ1) is 11.7. The Morgan fingerprint density at radius 2 is 2.08 bits per heavy atom. The second-order valence-corrected chi connectivity index (χ2v) is 7.81. The van der Waals surface area contributed by atoms with Crippen LogP contribution >= 0.6 is 23.6 Å². The molecule has 1 aliphatic rings. The highest BCUT2D eigenvalue weighted by Gasteiger charge is 2.25. The first kappa shape index (κ1) is 15.5. The quantitative estimate of drug-likeness (QED) is 0.671. The number of hydrogen-bond donors (Lipinski definition) is 1. The molecule has 0 bridgehead atoms. The van der Waals surface area contributed by atoms with Crippen molar-refractivity contribution >= 4 is 44.6 Å². The Hall–Kier alpha value is -1.98. The summed E-state index contributed by atoms with van der Waals surface area (Å²) in [7, 11) is 0. The average Bonchev–Trinajstić information content (AvgIpc) is 3.21. The lowest BCUT2D eigenvalue weighted by Gasteiger charge is -2.20. The summed E-state index contributed by atoms with van der Waals surface area (Å²) in [5.41, 5.74) is 3.50. The van der Waals surface area contributed by atoms with Crippen LogP contribution in [0.1, 0.15) is 22.9 Å². The molecule has 0 unspecified atom stereocenters. The van der Waals surface area contributed by atoms with E-state index in [0.717, 1.165) is 40.8 Å². The van der Waals surface area contributed by atoms with Crippen LogP contribution in [0.3, 0.4) is 0 Å². The highest BCUT2D eigenvalue weighted by molar-refractivity contribution is 7.80. The Labute approximate surface area is 151 Å². The molecule has 1 atom stereocenters. The van der Waals surface area contributed by atoms with Crippen LogP contribution in [0, 0.1) is 6.92 Å². The molecule has 1 N–H and O–H groups in total. The number of likely N-dealkylation sites (tertiary alicyclic amines) is 1. The second kappa shape index (κ2) is 6.49. The third-order valence-corrected chi connectivity index (χ3v) is 5.79. The van der Waals surface area contributed by atoms with Crippen molar-refractivity contribution in [3.05, 3.63) is 59.1 Å². The van der Waals surface area contributed by atoms with E-state index in [1.807, 2.05) is 6.92 Å². The lowest BCUT2D eigenvalue weighted by atomic mass is 9.99. The van der Waals surface area contributed by atoms with Gasteiger partial charge in [-0.15, -0.1) is 11.3 Å². The number of hydrogen-bond acceptors (Lipinski definition) is 3. The van der Waals surface area contributed by atoms with E-state index in [1.165, 1.54) is 10.3 Å². The predicted molar refractivity (Wildman–Crippen MR) is 106 cm³/mol. The van der Waals surface area contributed by atoms with Gasteiger partial charge in [-0.3, -0.25) is 0 Å². The molecule has 0 aliphatic carbocycles. The Balaban J connectivity index is 1.44. The highest BCUT2D eigenvalue weighted by Crippen LogP contribution is 2.28. The van der Waals surface area contributed by atoms with Crippen molar-refractivity contribution in [2.24, 2.45) is 0 Å². The van der Waals surface area contributed by atoms with Crippen molar-refractivity contribution in [1.82, 2.24) is 9.88 Å². The summed E-state index contributed by atoms with van der Waals surface area (Å²) in [6.45, 7) is 4.03. The summed E-state index contributed by atoms with van der Waals surface area (Å²) in [5, 5.41) is 5.30. The largest absolute Gasteiger partial charge is 0.348 e. The summed E-state index contributed by atoms with van der Waals surface area (Å²) in [5.74, 6) is 0.567. The third kappa shape index (κ3) is 3.14. The molecule has 4 rings (SSSR count). The first-order valence-corrected chi connectivity index (χ1v) is 9.39. The fourth-order valence-electron chi connectivity index (χ4n) is 3.26. The van der Waals surface area contributed by atoms with Gasteiger partial charge in [-0.25, -0.2) is 4.98 Å². The smallest absolute Gasteiger partial charge is 0.173 e. The van der Waals surface area contributed by atoms with Crippen LogP contribution in [0.25, 0.3) is 10.2 Å². The number of fused-ring (bicyclic) bond motifs is 1. The van der Waals surface area contributed by atoms with Gasteiger partial charge >= 0.3 is 0 Å². The van der Waals surface area contributed by atoms with Crippen molar-refractivity contribution in [1.29, 1.82) is 0 Å². The summed E-state index contributed by atoms with van der Waals surface area (Å²) >= 11 is 7.34. The number of benzene rings is 2. The highest BCUT2D eigenvalue weighted by atomic mass is 32.1. The molecule has 0 radical (unpaired) electrons. The van der Waals surface area contributed by atoms with E-state index in [0.29, 0.717) is 5.92 Å². The molecule has 2 heterocycles. The summed E-state index contributed by atoms with van der Waals surface area (Å²) in [6.07, 6.45) is 1.15. The van der Waals surface area contributed by atoms with Gasteiger partial charge in [-0.05, 0) is 49.3 Å².